The van der Waals surface area contributed by atoms with Crippen LogP contribution in [0.5, 0.6) is 0 Å². The second-order valence-corrected chi connectivity index (χ2v) is 6.36. The van der Waals surface area contributed by atoms with Crippen LogP contribution in [0.1, 0.15) is 22.6 Å². The Hall–Kier alpha value is -1.87. The van der Waals surface area contributed by atoms with Crippen molar-refractivity contribution >= 4 is 10.0 Å². The smallest absolute Gasteiger partial charge is 0.361 e. The summed E-state index contributed by atoms with van der Waals surface area (Å²) in [5.74, 6) is 0.407. The molecule has 9 heteroatoms. The average molecular weight is 334 g/mol. The van der Waals surface area contributed by atoms with Crippen molar-refractivity contribution in [3.63, 3.8) is 0 Å². The van der Waals surface area contributed by atoms with Crippen LogP contribution in [-0.2, 0) is 22.7 Å². The van der Waals surface area contributed by atoms with Crippen LogP contribution < -0.4 is 4.72 Å². The first-order chi connectivity index (χ1) is 10.1. The lowest BCUT2D eigenvalue weighted by atomic mass is 10.2. The maximum atomic E-state index is 12.9. The number of benzene rings is 1. The zero-order valence-corrected chi connectivity index (χ0v) is 12.5. The van der Waals surface area contributed by atoms with Gasteiger partial charge in [0.1, 0.15) is 5.76 Å². The van der Waals surface area contributed by atoms with Crippen LogP contribution in [0.3, 0.4) is 0 Å². The molecule has 1 aromatic heterocycles. The van der Waals surface area contributed by atoms with Crippen molar-refractivity contribution in [3.05, 3.63) is 46.8 Å². The van der Waals surface area contributed by atoms with Gasteiger partial charge in [-0.05, 0) is 26.0 Å². The van der Waals surface area contributed by atoms with Gasteiger partial charge < -0.3 is 4.52 Å². The summed E-state index contributed by atoms with van der Waals surface area (Å²) in [7, 11) is -4.32. The van der Waals surface area contributed by atoms with Crippen molar-refractivity contribution < 1.29 is 26.1 Å². The van der Waals surface area contributed by atoms with Gasteiger partial charge in [0.2, 0.25) is 10.0 Å². The molecular weight excluding hydrogens is 321 g/mol. The van der Waals surface area contributed by atoms with Crippen LogP contribution in [0.25, 0.3) is 0 Å². The lowest BCUT2D eigenvalue weighted by Gasteiger charge is -2.13. The van der Waals surface area contributed by atoms with Gasteiger partial charge in [-0.3, -0.25) is 0 Å². The van der Waals surface area contributed by atoms with E-state index in [-0.39, 0.29) is 6.54 Å². The number of alkyl halides is 3. The molecule has 0 aliphatic carbocycles. The van der Waals surface area contributed by atoms with Gasteiger partial charge in [0.25, 0.3) is 0 Å². The predicted molar refractivity (Wildman–Crippen MR) is 71.4 cm³/mol. The molecule has 0 saturated heterocycles. The largest absolute Gasteiger partial charge is 0.417 e. The molecule has 0 aliphatic heterocycles. The Balaban J connectivity index is 2.33. The molecule has 0 atom stereocenters. The standard InChI is InChI=1S/C13H13F3N2O3S/c1-8-10(9(2)21-18-8)7-17-22(19,20)12-6-4-3-5-11(12)13(14,15)16/h3-6,17H,7H2,1-2H3. The molecule has 0 amide bonds. The van der Waals surface area contributed by atoms with E-state index in [9.17, 15) is 21.6 Å². The summed E-state index contributed by atoms with van der Waals surface area (Å²) in [5.41, 5.74) is -0.237. The van der Waals surface area contributed by atoms with E-state index in [0.717, 1.165) is 18.2 Å². The summed E-state index contributed by atoms with van der Waals surface area (Å²) in [6.45, 7) is 3.01. The van der Waals surface area contributed by atoms with E-state index in [4.69, 9.17) is 4.52 Å². The molecule has 1 N–H and O–H groups in total. The minimum absolute atomic E-state index is 0.199. The molecule has 1 aromatic carbocycles. The minimum Gasteiger partial charge on any atom is -0.361 e. The Morgan fingerprint density at radius 1 is 1.23 bits per heavy atom. The van der Waals surface area contributed by atoms with Gasteiger partial charge in [-0.25, -0.2) is 13.1 Å². The van der Waals surface area contributed by atoms with Crippen LogP contribution in [0.15, 0.2) is 33.7 Å². The molecule has 5 nitrogen and oxygen atoms in total. The van der Waals surface area contributed by atoms with Crippen LogP contribution in [0.4, 0.5) is 13.2 Å². The third-order valence-corrected chi connectivity index (χ3v) is 4.56. The monoisotopic (exact) mass is 334 g/mol. The third-order valence-electron chi connectivity index (χ3n) is 3.10. The molecule has 0 unspecified atom stereocenters. The van der Waals surface area contributed by atoms with E-state index in [1.807, 2.05) is 0 Å². The molecule has 0 radical (unpaired) electrons. The SMILES string of the molecule is Cc1noc(C)c1CNS(=O)(=O)c1ccccc1C(F)(F)F. The summed E-state index contributed by atoms with van der Waals surface area (Å²) < 4.78 is 70.0. The van der Waals surface area contributed by atoms with Gasteiger partial charge in [0.05, 0.1) is 16.2 Å². The highest BCUT2D eigenvalue weighted by atomic mass is 32.2. The van der Waals surface area contributed by atoms with Gasteiger partial charge in [0.15, 0.2) is 0 Å². The second-order valence-electron chi connectivity index (χ2n) is 4.62. The fourth-order valence-electron chi connectivity index (χ4n) is 1.93. The molecule has 0 bridgehead atoms. The molecular formula is C13H13F3N2O3S. The molecule has 1 heterocycles. The highest BCUT2D eigenvalue weighted by Crippen LogP contribution is 2.33. The third kappa shape index (κ3) is 3.30. The molecule has 0 spiro atoms. The Kier molecular flexibility index (Phi) is 4.30. The van der Waals surface area contributed by atoms with E-state index in [1.54, 1.807) is 13.8 Å². The van der Waals surface area contributed by atoms with Crippen LogP contribution in [0.2, 0.25) is 0 Å². The number of aromatic nitrogens is 1. The van der Waals surface area contributed by atoms with Crippen molar-refractivity contribution in [1.82, 2.24) is 9.88 Å². The second kappa shape index (κ2) is 5.73. The molecule has 2 rings (SSSR count). The van der Waals surface area contributed by atoms with Gasteiger partial charge in [-0.1, -0.05) is 17.3 Å². The Morgan fingerprint density at radius 3 is 2.41 bits per heavy atom. The van der Waals surface area contributed by atoms with Crippen molar-refractivity contribution in [2.45, 2.75) is 31.5 Å². The fourth-order valence-corrected chi connectivity index (χ4v) is 3.16. The normalized spacial score (nSPS) is 12.6. The first kappa shape index (κ1) is 16.5. The summed E-state index contributed by atoms with van der Waals surface area (Å²) in [4.78, 5) is -0.811. The molecule has 0 aliphatic rings. The highest BCUT2D eigenvalue weighted by molar-refractivity contribution is 7.89. The van der Waals surface area contributed by atoms with Gasteiger partial charge >= 0.3 is 6.18 Å². The molecule has 0 saturated carbocycles. The number of nitrogens with zero attached hydrogens (tertiary/aromatic N) is 1. The van der Waals surface area contributed by atoms with Crippen molar-refractivity contribution in [1.29, 1.82) is 0 Å². The average Bonchev–Trinajstić information content (AvgIpc) is 2.75. The van der Waals surface area contributed by atoms with Crippen LogP contribution >= 0.6 is 0 Å². The first-order valence-corrected chi connectivity index (χ1v) is 7.69. The van der Waals surface area contributed by atoms with E-state index < -0.39 is 26.7 Å². The summed E-state index contributed by atoms with van der Waals surface area (Å²) in [6.07, 6.45) is -4.76. The van der Waals surface area contributed by atoms with Gasteiger partial charge in [-0.2, -0.15) is 13.2 Å². The summed E-state index contributed by atoms with van der Waals surface area (Å²) in [6, 6.07) is 4.01. The number of rotatable bonds is 4. The van der Waals surface area contributed by atoms with Crippen LogP contribution in [-0.4, -0.2) is 13.6 Å². The minimum atomic E-state index is -4.76. The summed E-state index contributed by atoms with van der Waals surface area (Å²) in [5, 5.41) is 3.66. The molecule has 22 heavy (non-hydrogen) atoms. The van der Waals surface area contributed by atoms with Gasteiger partial charge in [-0.15, -0.1) is 0 Å². The van der Waals surface area contributed by atoms with E-state index in [1.165, 1.54) is 6.07 Å². The first-order valence-electron chi connectivity index (χ1n) is 6.20. The lowest BCUT2D eigenvalue weighted by Crippen LogP contribution is -2.26. The van der Waals surface area contributed by atoms with Gasteiger partial charge in [0, 0.05) is 12.1 Å². The Morgan fingerprint density at radius 2 is 1.86 bits per heavy atom. The molecule has 2 aromatic rings. The topological polar surface area (TPSA) is 72.2 Å². The fraction of sp³-hybridized carbons (Fsp3) is 0.308. The zero-order chi connectivity index (χ0) is 16.5. The number of halogens is 3. The maximum Gasteiger partial charge on any atom is 0.417 e. The van der Waals surface area contributed by atoms with E-state index >= 15 is 0 Å². The highest BCUT2D eigenvalue weighted by Gasteiger charge is 2.36. The lowest BCUT2D eigenvalue weighted by molar-refractivity contribution is -0.139. The Bertz CT molecular complexity index is 763. The number of hydrogen-bond acceptors (Lipinski definition) is 4. The Labute approximate surface area is 125 Å². The van der Waals surface area contributed by atoms with Crippen molar-refractivity contribution in [2.24, 2.45) is 0 Å². The molecule has 120 valence electrons. The predicted octanol–water partition coefficient (Wildman–Crippen LogP) is 2.79. The van der Waals surface area contributed by atoms with E-state index in [2.05, 4.69) is 9.88 Å². The quantitative estimate of drug-likeness (QED) is 0.933. The number of hydrogen-bond donors (Lipinski definition) is 1. The maximum absolute atomic E-state index is 12.9. The number of aryl methyl sites for hydroxylation is 2. The number of sulfonamides is 1. The van der Waals surface area contributed by atoms with Crippen molar-refractivity contribution in [3.8, 4) is 0 Å². The van der Waals surface area contributed by atoms with Crippen LogP contribution in [0, 0.1) is 13.8 Å². The van der Waals surface area contributed by atoms with Crippen molar-refractivity contribution in [2.75, 3.05) is 0 Å². The zero-order valence-electron chi connectivity index (χ0n) is 11.7. The number of nitrogens with one attached hydrogen (secondary N) is 1. The summed E-state index contributed by atoms with van der Waals surface area (Å²) >= 11 is 0. The van der Waals surface area contributed by atoms with E-state index in [0.29, 0.717) is 17.0 Å². The molecule has 0 fully saturated rings.